The topological polar surface area (TPSA) is 49.4 Å². The van der Waals surface area contributed by atoms with Crippen LogP contribution in [0.2, 0.25) is 0 Å². The number of para-hydroxylation sites is 1. The number of carbonyl (C=O) groups excluding carboxylic acids is 2. The van der Waals surface area contributed by atoms with Crippen LogP contribution in [0, 0.1) is 0 Å². The molecule has 1 aliphatic heterocycles. The smallest absolute Gasteiger partial charge is 0.255 e. The number of nitrogens with one attached hydrogen (secondary N) is 1. The quantitative estimate of drug-likeness (QED) is 0.710. The van der Waals surface area contributed by atoms with Crippen molar-refractivity contribution in [3.8, 4) is 0 Å². The van der Waals surface area contributed by atoms with Crippen molar-refractivity contribution in [3.05, 3.63) is 95.6 Å². The molecule has 3 aromatic rings. The van der Waals surface area contributed by atoms with Crippen molar-refractivity contribution >= 4 is 23.2 Å². The minimum Gasteiger partial charge on any atom is -0.322 e. The van der Waals surface area contributed by atoms with Crippen LogP contribution in [0.3, 0.4) is 0 Å². The molecule has 1 saturated heterocycles. The highest BCUT2D eigenvalue weighted by atomic mass is 16.2. The van der Waals surface area contributed by atoms with E-state index in [1.807, 2.05) is 54.6 Å². The Bertz CT molecular complexity index is 998. The van der Waals surface area contributed by atoms with Crippen molar-refractivity contribution in [2.45, 2.75) is 19.3 Å². The normalized spacial score (nSPS) is 13.6. The summed E-state index contributed by atoms with van der Waals surface area (Å²) in [7, 11) is 0. The van der Waals surface area contributed by atoms with E-state index in [1.54, 1.807) is 17.0 Å². The van der Waals surface area contributed by atoms with Crippen molar-refractivity contribution < 1.29 is 9.59 Å². The molecule has 4 heteroatoms. The third-order valence-electron chi connectivity index (χ3n) is 5.00. The molecule has 4 rings (SSSR count). The monoisotopic (exact) mass is 370 g/mol. The lowest BCUT2D eigenvalue weighted by molar-refractivity contribution is -0.117. The number of hydrogen-bond acceptors (Lipinski definition) is 2. The number of nitrogens with zero attached hydrogens (tertiary/aromatic N) is 1. The van der Waals surface area contributed by atoms with Gasteiger partial charge in [0.25, 0.3) is 5.91 Å². The molecule has 0 unspecified atom stereocenters. The van der Waals surface area contributed by atoms with E-state index in [2.05, 4.69) is 17.4 Å². The van der Waals surface area contributed by atoms with Crippen LogP contribution in [0.25, 0.3) is 0 Å². The van der Waals surface area contributed by atoms with Gasteiger partial charge in [-0.3, -0.25) is 9.59 Å². The zero-order valence-electron chi connectivity index (χ0n) is 15.6. The lowest BCUT2D eigenvalue weighted by atomic mass is 10.0. The SMILES string of the molecule is O=C(Nc1ccccc1Cc1ccccc1)c1cccc(N2CCCC2=O)c1. The standard InChI is InChI=1S/C24H22N2O2/c27-23-14-7-15-26(23)21-12-6-11-20(17-21)24(28)25-22-13-5-4-10-19(22)16-18-8-2-1-3-9-18/h1-6,8-13,17H,7,14-16H2,(H,25,28). The summed E-state index contributed by atoms with van der Waals surface area (Å²) >= 11 is 0. The highest BCUT2D eigenvalue weighted by Gasteiger charge is 2.22. The van der Waals surface area contributed by atoms with Gasteiger partial charge in [0.2, 0.25) is 5.91 Å². The largest absolute Gasteiger partial charge is 0.322 e. The Morgan fingerprint density at radius 2 is 1.71 bits per heavy atom. The highest BCUT2D eigenvalue weighted by molar-refractivity contribution is 6.06. The predicted molar refractivity (Wildman–Crippen MR) is 112 cm³/mol. The summed E-state index contributed by atoms with van der Waals surface area (Å²) < 4.78 is 0. The van der Waals surface area contributed by atoms with Crippen LogP contribution in [0.1, 0.15) is 34.3 Å². The Hall–Kier alpha value is -3.40. The van der Waals surface area contributed by atoms with E-state index >= 15 is 0 Å². The second-order valence-electron chi connectivity index (χ2n) is 6.97. The number of rotatable bonds is 5. The Balaban J connectivity index is 1.54. The van der Waals surface area contributed by atoms with E-state index in [0.717, 1.165) is 29.8 Å². The summed E-state index contributed by atoms with van der Waals surface area (Å²) in [6, 6.07) is 25.3. The summed E-state index contributed by atoms with van der Waals surface area (Å²) in [5.74, 6) is -0.0558. The summed E-state index contributed by atoms with van der Waals surface area (Å²) in [6.45, 7) is 0.712. The van der Waals surface area contributed by atoms with E-state index < -0.39 is 0 Å². The lowest BCUT2D eigenvalue weighted by Gasteiger charge is -2.17. The first-order chi connectivity index (χ1) is 13.7. The zero-order chi connectivity index (χ0) is 19.3. The van der Waals surface area contributed by atoms with Gasteiger partial charge in [-0.05, 0) is 48.2 Å². The summed E-state index contributed by atoms with van der Waals surface area (Å²) in [4.78, 5) is 26.6. The van der Waals surface area contributed by atoms with Crippen LogP contribution in [-0.4, -0.2) is 18.4 Å². The first kappa shape index (κ1) is 18.0. The van der Waals surface area contributed by atoms with Crippen molar-refractivity contribution in [3.63, 3.8) is 0 Å². The molecule has 0 atom stereocenters. The van der Waals surface area contributed by atoms with E-state index in [1.165, 1.54) is 5.56 Å². The average Bonchev–Trinajstić information content (AvgIpc) is 3.16. The minimum atomic E-state index is -0.172. The van der Waals surface area contributed by atoms with Crippen LogP contribution in [0.5, 0.6) is 0 Å². The van der Waals surface area contributed by atoms with Gasteiger partial charge < -0.3 is 10.2 Å². The Labute approximate surface area is 164 Å². The molecular formula is C24H22N2O2. The Morgan fingerprint density at radius 1 is 0.929 bits per heavy atom. The predicted octanol–water partition coefficient (Wildman–Crippen LogP) is 4.66. The van der Waals surface area contributed by atoms with Crippen molar-refractivity contribution in [1.82, 2.24) is 0 Å². The molecule has 0 saturated carbocycles. The first-order valence-corrected chi connectivity index (χ1v) is 9.54. The molecule has 2 amide bonds. The number of hydrogen-bond donors (Lipinski definition) is 1. The van der Waals surface area contributed by atoms with E-state index in [9.17, 15) is 9.59 Å². The summed E-state index contributed by atoms with van der Waals surface area (Å²) in [5, 5.41) is 3.03. The van der Waals surface area contributed by atoms with Gasteiger partial charge in [0, 0.05) is 29.9 Å². The van der Waals surface area contributed by atoms with Crippen molar-refractivity contribution in [2.24, 2.45) is 0 Å². The Morgan fingerprint density at radius 3 is 2.50 bits per heavy atom. The molecule has 3 aromatic carbocycles. The van der Waals surface area contributed by atoms with Crippen LogP contribution in [-0.2, 0) is 11.2 Å². The highest BCUT2D eigenvalue weighted by Crippen LogP contribution is 2.24. The van der Waals surface area contributed by atoms with Gasteiger partial charge in [-0.25, -0.2) is 0 Å². The maximum atomic E-state index is 12.9. The molecule has 1 heterocycles. The number of benzene rings is 3. The third kappa shape index (κ3) is 3.96. The van der Waals surface area contributed by atoms with E-state index in [4.69, 9.17) is 0 Å². The fourth-order valence-electron chi connectivity index (χ4n) is 3.54. The molecule has 28 heavy (non-hydrogen) atoms. The van der Waals surface area contributed by atoms with Crippen molar-refractivity contribution in [2.75, 3.05) is 16.8 Å². The molecule has 0 aromatic heterocycles. The second kappa shape index (κ2) is 8.09. The van der Waals surface area contributed by atoms with Crippen LogP contribution in [0.4, 0.5) is 11.4 Å². The van der Waals surface area contributed by atoms with Crippen molar-refractivity contribution in [1.29, 1.82) is 0 Å². The summed E-state index contributed by atoms with van der Waals surface area (Å²) in [5.41, 5.74) is 4.39. The van der Waals surface area contributed by atoms with Gasteiger partial charge in [-0.2, -0.15) is 0 Å². The second-order valence-corrected chi connectivity index (χ2v) is 6.97. The van der Waals surface area contributed by atoms with Crippen LogP contribution in [0.15, 0.2) is 78.9 Å². The van der Waals surface area contributed by atoms with Gasteiger partial charge in [0.05, 0.1) is 0 Å². The maximum absolute atomic E-state index is 12.9. The molecule has 1 aliphatic rings. The van der Waals surface area contributed by atoms with E-state index in [-0.39, 0.29) is 11.8 Å². The average molecular weight is 370 g/mol. The lowest BCUT2D eigenvalue weighted by Crippen LogP contribution is -2.24. The zero-order valence-corrected chi connectivity index (χ0v) is 15.6. The fourth-order valence-corrected chi connectivity index (χ4v) is 3.54. The molecule has 140 valence electrons. The molecule has 1 N–H and O–H groups in total. The van der Waals surface area contributed by atoms with Gasteiger partial charge in [-0.1, -0.05) is 54.6 Å². The van der Waals surface area contributed by atoms with Gasteiger partial charge in [0.15, 0.2) is 0 Å². The molecule has 0 bridgehead atoms. The Kier molecular flexibility index (Phi) is 5.20. The third-order valence-corrected chi connectivity index (χ3v) is 5.00. The fraction of sp³-hybridized carbons (Fsp3) is 0.167. The van der Waals surface area contributed by atoms with Crippen LogP contribution < -0.4 is 10.2 Å². The van der Waals surface area contributed by atoms with Crippen LogP contribution >= 0.6 is 0 Å². The molecular weight excluding hydrogens is 348 g/mol. The maximum Gasteiger partial charge on any atom is 0.255 e. The first-order valence-electron chi connectivity index (χ1n) is 9.54. The van der Waals surface area contributed by atoms with E-state index in [0.29, 0.717) is 18.5 Å². The molecule has 0 spiro atoms. The number of anilines is 2. The molecule has 4 nitrogen and oxygen atoms in total. The number of amides is 2. The summed E-state index contributed by atoms with van der Waals surface area (Å²) in [6.07, 6.45) is 2.19. The molecule has 0 aliphatic carbocycles. The van der Waals surface area contributed by atoms with Gasteiger partial charge in [0.1, 0.15) is 0 Å². The molecule has 0 radical (unpaired) electrons. The van der Waals surface area contributed by atoms with Gasteiger partial charge >= 0.3 is 0 Å². The van der Waals surface area contributed by atoms with Gasteiger partial charge in [-0.15, -0.1) is 0 Å². The number of carbonyl (C=O) groups is 2. The molecule has 1 fully saturated rings. The minimum absolute atomic E-state index is 0.116.